The van der Waals surface area contributed by atoms with Crippen molar-refractivity contribution >= 4 is 0 Å². The highest BCUT2D eigenvalue weighted by molar-refractivity contribution is 5.44. The first-order chi connectivity index (χ1) is 8.65. The van der Waals surface area contributed by atoms with E-state index in [9.17, 15) is 5.11 Å². The van der Waals surface area contributed by atoms with Crippen LogP contribution in [0.1, 0.15) is 63.6 Å². The number of rotatable bonds is 5. The van der Waals surface area contributed by atoms with Gasteiger partial charge in [-0.15, -0.1) is 0 Å². The number of aromatic hydroxyl groups is 1. The van der Waals surface area contributed by atoms with Crippen molar-refractivity contribution in [3.05, 3.63) is 29.3 Å². The van der Waals surface area contributed by atoms with E-state index in [2.05, 4.69) is 32.2 Å². The van der Waals surface area contributed by atoms with Gasteiger partial charge in [0.2, 0.25) is 0 Å². The molecule has 1 aliphatic carbocycles. The number of phenols is 1. The Balaban J connectivity index is 2.21. The zero-order chi connectivity index (χ0) is 13.2. The number of hydrogen-bond donors (Lipinski definition) is 2. The molecule has 18 heavy (non-hydrogen) atoms. The van der Waals surface area contributed by atoms with Crippen LogP contribution in [-0.4, -0.2) is 10.6 Å². The minimum Gasteiger partial charge on any atom is -0.508 e. The summed E-state index contributed by atoms with van der Waals surface area (Å²) in [5.41, 5.74) is 2.69. The summed E-state index contributed by atoms with van der Waals surface area (Å²) in [5.74, 6) is 0.465. The average Bonchev–Trinajstić information content (AvgIpc) is 2.81. The van der Waals surface area contributed by atoms with Crippen molar-refractivity contribution in [1.29, 1.82) is 0 Å². The molecule has 0 spiro atoms. The van der Waals surface area contributed by atoms with E-state index in [0.29, 0.717) is 11.8 Å². The van der Waals surface area contributed by atoms with Crippen LogP contribution >= 0.6 is 0 Å². The molecule has 0 heterocycles. The molecule has 2 rings (SSSR count). The maximum absolute atomic E-state index is 9.89. The topological polar surface area (TPSA) is 32.3 Å². The second-order valence-corrected chi connectivity index (χ2v) is 5.42. The molecule has 2 N–H and O–H groups in total. The fourth-order valence-electron chi connectivity index (χ4n) is 3.21. The second kappa shape index (κ2) is 5.31. The Hall–Kier alpha value is -1.02. The third kappa shape index (κ3) is 2.26. The van der Waals surface area contributed by atoms with Gasteiger partial charge in [0.15, 0.2) is 0 Å². The van der Waals surface area contributed by atoms with Crippen molar-refractivity contribution in [2.45, 2.75) is 64.5 Å². The molecule has 0 aliphatic heterocycles. The van der Waals surface area contributed by atoms with E-state index in [1.54, 1.807) is 6.07 Å². The number of nitrogens with one attached hydrogen (secondary N) is 1. The second-order valence-electron chi connectivity index (χ2n) is 5.42. The lowest BCUT2D eigenvalue weighted by Gasteiger charge is -2.35. The first-order valence-electron chi connectivity index (χ1n) is 7.24. The fourth-order valence-corrected chi connectivity index (χ4v) is 3.21. The van der Waals surface area contributed by atoms with Gasteiger partial charge in [0.1, 0.15) is 5.75 Å². The summed E-state index contributed by atoms with van der Waals surface area (Å²) in [4.78, 5) is 0. The number of phenolic OH excluding ortho intramolecular Hbond substituents is 1. The van der Waals surface area contributed by atoms with Gasteiger partial charge < -0.3 is 10.4 Å². The summed E-state index contributed by atoms with van der Waals surface area (Å²) in [6, 6.07) is 6.32. The monoisotopic (exact) mass is 247 g/mol. The molecule has 1 aromatic carbocycles. The maximum Gasteiger partial charge on any atom is 0.119 e. The summed E-state index contributed by atoms with van der Waals surface area (Å²) < 4.78 is 0. The molecule has 1 aliphatic rings. The van der Waals surface area contributed by atoms with Crippen LogP contribution in [0.15, 0.2) is 18.2 Å². The van der Waals surface area contributed by atoms with Crippen molar-refractivity contribution in [1.82, 2.24) is 5.32 Å². The van der Waals surface area contributed by atoms with E-state index in [0.717, 1.165) is 37.7 Å². The summed E-state index contributed by atoms with van der Waals surface area (Å²) in [7, 11) is 0. The summed E-state index contributed by atoms with van der Waals surface area (Å²) >= 11 is 0. The summed E-state index contributed by atoms with van der Waals surface area (Å²) in [6.45, 7) is 6.79. The molecule has 1 atom stereocenters. The molecule has 0 aromatic heterocycles. The van der Waals surface area contributed by atoms with Crippen LogP contribution < -0.4 is 5.32 Å². The minimum absolute atomic E-state index is 0.248. The van der Waals surface area contributed by atoms with Crippen molar-refractivity contribution in [3.63, 3.8) is 0 Å². The van der Waals surface area contributed by atoms with Crippen LogP contribution in [0.4, 0.5) is 0 Å². The van der Waals surface area contributed by atoms with E-state index < -0.39 is 0 Å². The highest BCUT2D eigenvalue weighted by atomic mass is 16.3. The van der Waals surface area contributed by atoms with Crippen LogP contribution in [0.2, 0.25) is 0 Å². The molecule has 0 saturated heterocycles. The van der Waals surface area contributed by atoms with Gasteiger partial charge >= 0.3 is 0 Å². The molecule has 0 saturated carbocycles. The van der Waals surface area contributed by atoms with Gasteiger partial charge in [-0.25, -0.2) is 0 Å². The summed E-state index contributed by atoms with van der Waals surface area (Å²) in [5, 5.41) is 13.7. The van der Waals surface area contributed by atoms with Crippen LogP contribution in [0.3, 0.4) is 0 Å². The molecular weight excluding hydrogens is 222 g/mol. The first-order valence-corrected chi connectivity index (χ1v) is 7.24. The predicted molar refractivity (Wildman–Crippen MR) is 75.9 cm³/mol. The molecule has 0 fully saturated rings. The predicted octanol–water partition coefficient (Wildman–Crippen LogP) is 3.94. The minimum atomic E-state index is 0.248. The Kier molecular flexibility index (Phi) is 3.96. The highest BCUT2D eigenvalue weighted by Crippen LogP contribution is 2.38. The van der Waals surface area contributed by atoms with Crippen LogP contribution in [0.5, 0.6) is 5.75 Å². The molecular formula is C16H25NO. The molecule has 1 aromatic rings. The Bertz CT molecular complexity index is 401. The van der Waals surface area contributed by atoms with E-state index in [4.69, 9.17) is 0 Å². The molecule has 100 valence electrons. The Morgan fingerprint density at radius 3 is 2.50 bits per heavy atom. The third-order valence-electron chi connectivity index (χ3n) is 4.76. The van der Waals surface area contributed by atoms with Crippen LogP contribution in [0, 0.1) is 0 Å². The van der Waals surface area contributed by atoms with Gasteiger partial charge in [-0.3, -0.25) is 0 Å². The SMILES string of the molecule is CCC(CC)(CC)NC1CCc2c(O)cccc21. The lowest BCUT2D eigenvalue weighted by atomic mass is 9.88. The number of benzene rings is 1. The van der Waals surface area contributed by atoms with Gasteiger partial charge in [-0.05, 0) is 49.3 Å². The first kappa shape index (κ1) is 13.4. The molecule has 0 radical (unpaired) electrons. The Labute approximate surface area is 110 Å². The van der Waals surface area contributed by atoms with Crippen molar-refractivity contribution in [3.8, 4) is 5.75 Å². The highest BCUT2D eigenvalue weighted by Gasteiger charge is 2.31. The third-order valence-corrected chi connectivity index (χ3v) is 4.76. The molecule has 0 amide bonds. The largest absolute Gasteiger partial charge is 0.508 e. The van der Waals surface area contributed by atoms with E-state index in [1.165, 1.54) is 5.56 Å². The smallest absolute Gasteiger partial charge is 0.119 e. The van der Waals surface area contributed by atoms with Crippen LogP contribution in [-0.2, 0) is 6.42 Å². The normalized spacial score (nSPS) is 18.9. The zero-order valence-corrected chi connectivity index (χ0v) is 11.8. The summed E-state index contributed by atoms with van der Waals surface area (Å²) in [6.07, 6.45) is 5.57. The van der Waals surface area contributed by atoms with Crippen LogP contribution in [0.25, 0.3) is 0 Å². The standard InChI is InChI=1S/C16H25NO/c1-4-16(5-2,6-3)17-14-11-10-13-12(14)8-7-9-15(13)18/h7-9,14,17-18H,4-6,10-11H2,1-3H3. The van der Waals surface area contributed by atoms with E-state index >= 15 is 0 Å². The lowest BCUT2D eigenvalue weighted by molar-refractivity contribution is 0.255. The van der Waals surface area contributed by atoms with E-state index in [1.807, 2.05) is 6.07 Å². The van der Waals surface area contributed by atoms with Gasteiger partial charge in [0, 0.05) is 11.6 Å². The number of hydrogen-bond acceptors (Lipinski definition) is 2. The fraction of sp³-hybridized carbons (Fsp3) is 0.625. The maximum atomic E-state index is 9.89. The Morgan fingerprint density at radius 2 is 1.89 bits per heavy atom. The molecule has 0 bridgehead atoms. The van der Waals surface area contributed by atoms with Gasteiger partial charge in [0.25, 0.3) is 0 Å². The van der Waals surface area contributed by atoms with Crippen molar-refractivity contribution < 1.29 is 5.11 Å². The molecule has 2 nitrogen and oxygen atoms in total. The average molecular weight is 247 g/mol. The Morgan fingerprint density at radius 1 is 1.22 bits per heavy atom. The number of fused-ring (bicyclic) bond motifs is 1. The van der Waals surface area contributed by atoms with Gasteiger partial charge in [-0.1, -0.05) is 32.9 Å². The molecule has 2 heteroatoms. The van der Waals surface area contributed by atoms with Crippen molar-refractivity contribution in [2.24, 2.45) is 0 Å². The quantitative estimate of drug-likeness (QED) is 0.826. The molecule has 1 unspecified atom stereocenters. The van der Waals surface area contributed by atoms with Gasteiger partial charge in [-0.2, -0.15) is 0 Å². The van der Waals surface area contributed by atoms with Crippen molar-refractivity contribution in [2.75, 3.05) is 0 Å². The lowest BCUT2D eigenvalue weighted by Crippen LogP contribution is -2.45. The zero-order valence-electron chi connectivity index (χ0n) is 11.8. The van der Waals surface area contributed by atoms with E-state index in [-0.39, 0.29) is 5.54 Å². The van der Waals surface area contributed by atoms with Gasteiger partial charge in [0.05, 0.1) is 0 Å².